The molecule has 98 valence electrons. The molecule has 3 rings (SSSR count). The van der Waals surface area contributed by atoms with Gasteiger partial charge >= 0.3 is 0 Å². The maximum Gasteiger partial charge on any atom is 0.168 e. The van der Waals surface area contributed by atoms with E-state index < -0.39 is 0 Å². The minimum atomic E-state index is -0.284. The first-order valence-electron chi connectivity index (χ1n) is 6.51. The number of nitrogen functional groups attached to an aromatic ring is 1. The van der Waals surface area contributed by atoms with E-state index in [1.54, 1.807) is 0 Å². The molecule has 2 aliphatic rings. The van der Waals surface area contributed by atoms with Gasteiger partial charge in [-0.05, 0) is 36.5 Å². The largest absolute Gasteiger partial charge is 0.398 e. The zero-order valence-electron chi connectivity index (χ0n) is 10.3. The highest BCUT2D eigenvalue weighted by molar-refractivity contribution is 6.33. The molecule has 18 heavy (non-hydrogen) atoms. The van der Waals surface area contributed by atoms with Gasteiger partial charge in [0.1, 0.15) is 0 Å². The second-order valence-electron chi connectivity index (χ2n) is 5.16. The van der Waals surface area contributed by atoms with Crippen LogP contribution in [-0.4, -0.2) is 19.0 Å². The van der Waals surface area contributed by atoms with Crippen molar-refractivity contribution in [3.63, 3.8) is 0 Å². The van der Waals surface area contributed by atoms with E-state index in [1.807, 2.05) is 12.1 Å². The van der Waals surface area contributed by atoms with Crippen molar-refractivity contribution in [1.29, 1.82) is 0 Å². The molecular formula is C14H18ClNO2. The number of anilines is 1. The third-order valence-electron chi connectivity index (χ3n) is 4.06. The van der Waals surface area contributed by atoms with Gasteiger partial charge in [-0.25, -0.2) is 0 Å². The van der Waals surface area contributed by atoms with Crippen LogP contribution in [0.5, 0.6) is 0 Å². The third-order valence-corrected chi connectivity index (χ3v) is 4.38. The zero-order valence-corrected chi connectivity index (χ0v) is 11.1. The molecule has 2 N–H and O–H groups in total. The Bertz CT molecular complexity index is 433. The number of ether oxygens (including phenoxy) is 2. The van der Waals surface area contributed by atoms with Gasteiger partial charge in [0.25, 0.3) is 0 Å². The van der Waals surface area contributed by atoms with E-state index in [2.05, 4.69) is 6.07 Å². The third kappa shape index (κ3) is 2.22. The summed E-state index contributed by atoms with van der Waals surface area (Å²) in [6, 6.07) is 5.97. The van der Waals surface area contributed by atoms with Gasteiger partial charge in [-0.1, -0.05) is 17.7 Å². The average molecular weight is 268 g/mol. The number of rotatable bonds is 1. The maximum absolute atomic E-state index is 6.08. The molecule has 1 aromatic carbocycles. The van der Waals surface area contributed by atoms with Crippen molar-refractivity contribution in [1.82, 2.24) is 0 Å². The normalized spacial score (nSPS) is 23.6. The molecule has 0 bridgehead atoms. The minimum Gasteiger partial charge on any atom is -0.398 e. The molecule has 1 spiro atoms. The van der Waals surface area contributed by atoms with Gasteiger partial charge in [-0.15, -0.1) is 0 Å². The van der Waals surface area contributed by atoms with E-state index in [-0.39, 0.29) is 5.79 Å². The molecule has 4 heteroatoms. The molecule has 3 nitrogen and oxygen atoms in total. The van der Waals surface area contributed by atoms with Crippen LogP contribution in [0.3, 0.4) is 0 Å². The second kappa shape index (κ2) is 4.72. The molecule has 1 aromatic rings. The fourth-order valence-electron chi connectivity index (χ4n) is 2.97. The Morgan fingerprint density at radius 1 is 1.17 bits per heavy atom. The van der Waals surface area contributed by atoms with Crippen LogP contribution in [0.2, 0.25) is 5.02 Å². The van der Waals surface area contributed by atoms with Gasteiger partial charge in [0.05, 0.1) is 23.9 Å². The van der Waals surface area contributed by atoms with Crippen LogP contribution in [0.1, 0.15) is 37.2 Å². The van der Waals surface area contributed by atoms with E-state index in [0.717, 1.165) is 38.9 Å². The van der Waals surface area contributed by atoms with Gasteiger partial charge in [-0.2, -0.15) is 0 Å². The fraction of sp³-hybridized carbons (Fsp3) is 0.571. The van der Waals surface area contributed by atoms with E-state index in [4.69, 9.17) is 26.8 Å². The monoisotopic (exact) mass is 267 g/mol. The highest BCUT2D eigenvalue weighted by atomic mass is 35.5. The number of halogens is 1. The van der Waals surface area contributed by atoms with Crippen LogP contribution in [0.15, 0.2) is 18.2 Å². The summed E-state index contributed by atoms with van der Waals surface area (Å²) in [6.45, 7) is 1.47. The highest BCUT2D eigenvalue weighted by Crippen LogP contribution is 2.42. The summed E-state index contributed by atoms with van der Waals surface area (Å²) < 4.78 is 11.5. The SMILES string of the molecule is Nc1ccc(C2CCC3(CC2)OCCO3)cc1Cl. The molecule has 1 heterocycles. The lowest BCUT2D eigenvalue weighted by Gasteiger charge is -2.35. The molecule has 0 aromatic heterocycles. The van der Waals surface area contributed by atoms with Crippen LogP contribution < -0.4 is 5.73 Å². The van der Waals surface area contributed by atoms with Gasteiger partial charge in [-0.3, -0.25) is 0 Å². The zero-order chi connectivity index (χ0) is 12.6. The van der Waals surface area contributed by atoms with E-state index in [0.29, 0.717) is 16.6 Å². The van der Waals surface area contributed by atoms with Crippen molar-refractivity contribution < 1.29 is 9.47 Å². The average Bonchev–Trinajstić information content (AvgIpc) is 2.82. The van der Waals surface area contributed by atoms with Gasteiger partial charge in [0.15, 0.2) is 5.79 Å². The summed E-state index contributed by atoms with van der Waals surface area (Å²) >= 11 is 6.08. The van der Waals surface area contributed by atoms with Crippen LogP contribution in [0, 0.1) is 0 Å². The first-order chi connectivity index (χ1) is 8.69. The Morgan fingerprint density at radius 2 is 1.83 bits per heavy atom. The predicted octanol–water partition coefficient (Wildman–Crippen LogP) is 3.32. The first-order valence-corrected chi connectivity index (χ1v) is 6.89. The lowest BCUT2D eigenvalue weighted by molar-refractivity contribution is -0.178. The molecule has 1 aliphatic heterocycles. The van der Waals surface area contributed by atoms with Crippen molar-refractivity contribution in [2.75, 3.05) is 18.9 Å². The Morgan fingerprint density at radius 3 is 2.44 bits per heavy atom. The number of hydrogen-bond acceptors (Lipinski definition) is 3. The highest BCUT2D eigenvalue weighted by Gasteiger charge is 2.40. The Labute approximate surface area is 112 Å². The number of hydrogen-bond donors (Lipinski definition) is 1. The van der Waals surface area contributed by atoms with E-state index >= 15 is 0 Å². The summed E-state index contributed by atoms with van der Waals surface area (Å²) in [5.74, 6) is 0.259. The quantitative estimate of drug-likeness (QED) is 0.794. The summed E-state index contributed by atoms with van der Waals surface area (Å²) in [5, 5.41) is 0.654. The Kier molecular flexibility index (Phi) is 3.22. The maximum atomic E-state index is 6.08. The molecule has 2 fully saturated rings. The Hall–Kier alpha value is -0.770. The molecule has 0 radical (unpaired) electrons. The minimum absolute atomic E-state index is 0.284. The van der Waals surface area contributed by atoms with Gasteiger partial charge < -0.3 is 15.2 Å². The smallest absolute Gasteiger partial charge is 0.168 e. The van der Waals surface area contributed by atoms with Crippen molar-refractivity contribution in [3.8, 4) is 0 Å². The predicted molar refractivity (Wildman–Crippen MR) is 71.7 cm³/mol. The standard InChI is InChI=1S/C14H18ClNO2/c15-12-9-11(1-2-13(12)16)10-3-5-14(6-4-10)17-7-8-18-14/h1-2,9-10H,3-8,16H2. The molecule has 0 unspecified atom stereocenters. The van der Waals surface area contributed by atoms with Gasteiger partial charge in [0.2, 0.25) is 0 Å². The van der Waals surface area contributed by atoms with Crippen LogP contribution in [0.4, 0.5) is 5.69 Å². The first kappa shape index (κ1) is 12.3. The van der Waals surface area contributed by atoms with Crippen molar-refractivity contribution in [2.24, 2.45) is 0 Å². The van der Waals surface area contributed by atoms with Crippen LogP contribution in [0.25, 0.3) is 0 Å². The van der Waals surface area contributed by atoms with Crippen molar-refractivity contribution >= 4 is 17.3 Å². The molecule has 1 aliphatic carbocycles. The molecule has 0 amide bonds. The van der Waals surface area contributed by atoms with E-state index in [1.165, 1.54) is 5.56 Å². The number of nitrogens with two attached hydrogens (primary N) is 1. The van der Waals surface area contributed by atoms with Crippen LogP contribution in [-0.2, 0) is 9.47 Å². The number of benzene rings is 1. The molecular weight excluding hydrogens is 250 g/mol. The second-order valence-corrected chi connectivity index (χ2v) is 5.57. The van der Waals surface area contributed by atoms with Crippen molar-refractivity contribution in [2.45, 2.75) is 37.4 Å². The topological polar surface area (TPSA) is 44.5 Å². The molecule has 0 atom stereocenters. The summed E-state index contributed by atoms with van der Waals surface area (Å²) in [4.78, 5) is 0. The lowest BCUT2D eigenvalue weighted by Crippen LogP contribution is -2.34. The summed E-state index contributed by atoms with van der Waals surface area (Å²) in [6.07, 6.45) is 4.11. The van der Waals surface area contributed by atoms with E-state index in [9.17, 15) is 0 Å². The molecule has 1 saturated heterocycles. The summed E-state index contributed by atoms with van der Waals surface area (Å²) in [7, 11) is 0. The lowest BCUT2D eigenvalue weighted by atomic mass is 9.81. The van der Waals surface area contributed by atoms with Crippen LogP contribution >= 0.6 is 11.6 Å². The molecule has 1 saturated carbocycles. The fourth-order valence-corrected chi connectivity index (χ4v) is 3.16. The summed E-state index contributed by atoms with van der Waals surface area (Å²) in [5.41, 5.74) is 7.67. The van der Waals surface area contributed by atoms with Crippen molar-refractivity contribution in [3.05, 3.63) is 28.8 Å². The Balaban J connectivity index is 1.70. The van der Waals surface area contributed by atoms with Gasteiger partial charge in [0, 0.05) is 12.8 Å².